The summed E-state index contributed by atoms with van der Waals surface area (Å²) in [5, 5.41) is 11.6. The number of carboxylic acid groups (broad SMARTS) is 1. The van der Waals surface area contributed by atoms with Crippen molar-refractivity contribution in [1.29, 1.82) is 0 Å². The van der Waals surface area contributed by atoms with Crippen molar-refractivity contribution in [3.05, 3.63) is 0 Å². The lowest BCUT2D eigenvalue weighted by Gasteiger charge is -2.26. The molecule has 0 heterocycles. The lowest BCUT2D eigenvalue weighted by atomic mass is 9.84. The molecular formula is C10H18FNO2. The minimum Gasteiger partial charge on any atom is -0.480 e. The number of hydrogen-bond acceptors (Lipinski definition) is 2. The van der Waals surface area contributed by atoms with Gasteiger partial charge in [-0.15, -0.1) is 0 Å². The smallest absolute Gasteiger partial charge is 0.320 e. The van der Waals surface area contributed by atoms with Crippen molar-refractivity contribution in [2.45, 2.75) is 44.3 Å². The van der Waals surface area contributed by atoms with Gasteiger partial charge in [0.05, 0.1) is 0 Å². The van der Waals surface area contributed by atoms with Gasteiger partial charge in [-0.05, 0) is 45.1 Å². The molecule has 0 aromatic rings. The second-order valence-corrected chi connectivity index (χ2v) is 4.03. The van der Waals surface area contributed by atoms with Crippen molar-refractivity contribution < 1.29 is 14.3 Å². The molecule has 0 aromatic carbocycles. The maximum absolute atomic E-state index is 12.8. The molecule has 0 aromatic heterocycles. The van der Waals surface area contributed by atoms with Crippen molar-refractivity contribution in [3.8, 4) is 0 Å². The Hall–Kier alpha value is -0.640. The summed E-state index contributed by atoms with van der Waals surface area (Å²) in [7, 11) is 1.65. The van der Waals surface area contributed by atoms with Crippen LogP contribution in [-0.2, 0) is 4.79 Å². The normalized spacial score (nSPS) is 29.9. The molecular weight excluding hydrogens is 185 g/mol. The van der Waals surface area contributed by atoms with Gasteiger partial charge in [0.25, 0.3) is 0 Å². The molecule has 1 aliphatic carbocycles. The van der Waals surface area contributed by atoms with Crippen LogP contribution in [0.15, 0.2) is 0 Å². The van der Waals surface area contributed by atoms with E-state index in [9.17, 15) is 9.18 Å². The number of halogens is 1. The van der Waals surface area contributed by atoms with Crippen LogP contribution in [0, 0.1) is 5.92 Å². The molecule has 0 bridgehead atoms. The molecule has 1 saturated carbocycles. The highest BCUT2D eigenvalue weighted by Gasteiger charge is 2.25. The van der Waals surface area contributed by atoms with E-state index < -0.39 is 18.2 Å². The summed E-state index contributed by atoms with van der Waals surface area (Å²) in [6, 6.07) is -0.476. The van der Waals surface area contributed by atoms with Crippen LogP contribution in [0.5, 0.6) is 0 Å². The summed E-state index contributed by atoms with van der Waals surface area (Å²) in [4.78, 5) is 10.7. The molecule has 1 rings (SSSR count). The Morgan fingerprint density at radius 2 is 2.07 bits per heavy atom. The Morgan fingerprint density at radius 1 is 1.50 bits per heavy atom. The molecule has 1 atom stereocenters. The van der Waals surface area contributed by atoms with E-state index in [-0.39, 0.29) is 0 Å². The van der Waals surface area contributed by atoms with Crippen molar-refractivity contribution in [2.24, 2.45) is 5.92 Å². The van der Waals surface area contributed by atoms with Gasteiger partial charge in [0.15, 0.2) is 0 Å². The van der Waals surface area contributed by atoms with Crippen molar-refractivity contribution in [1.82, 2.24) is 5.32 Å². The molecule has 0 aliphatic heterocycles. The van der Waals surface area contributed by atoms with Gasteiger partial charge in [0.2, 0.25) is 0 Å². The maximum Gasteiger partial charge on any atom is 0.320 e. The van der Waals surface area contributed by atoms with Crippen LogP contribution in [0.25, 0.3) is 0 Å². The Morgan fingerprint density at radius 3 is 2.50 bits per heavy atom. The SMILES string of the molecule is CN[C@@H](CC1CCC(F)CC1)C(=O)O. The fraction of sp³-hybridized carbons (Fsp3) is 0.900. The van der Waals surface area contributed by atoms with Gasteiger partial charge in [0.1, 0.15) is 12.2 Å². The highest BCUT2D eigenvalue weighted by atomic mass is 19.1. The number of nitrogens with one attached hydrogen (secondary N) is 1. The minimum atomic E-state index is -0.810. The molecule has 1 fully saturated rings. The third-order valence-electron chi connectivity index (χ3n) is 2.99. The van der Waals surface area contributed by atoms with Gasteiger partial charge in [-0.2, -0.15) is 0 Å². The Balaban J connectivity index is 2.32. The highest BCUT2D eigenvalue weighted by Crippen LogP contribution is 2.29. The van der Waals surface area contributed by atoms with E-state index in [0.29, 0.717) is 25.2 Å². The van der Waals surface area contributed by atoms with Gasteiger partial charge in [-0.1, -0.05) is 0 Å². The first-order chi connectivity index (χ1) is 6.63. The van der Waals surface area contributed by atoms with Crippen LogP contribution in [0.1, 0.15) is 32.1 Å². The second kappa shape index (κ2) is 5.29. The van der Waals surface area contributed by atoms with Crippen LogP contribution < -0.4 is 5.32 Å². The van der Waals surface area contributed by atoms with E-state index >= 15 is 0 Å². The molecule has 3 nitrogen and oxygen atoms in total. The summed E-state index contributed by atoms with van der Waals surface area (Å²) >= 11 is 0. The van der Waals surface area contributed by atoms with Crippen molar-refractivity contribution in [3.63, 3.8) is 0 Å². The van der Waals surface area contributed by atoms with Crippen LogP contribution in [0.3, 0.4) is 0 Å². The third kappa shape index (κ3) is 3.25. The predicted molar refractivity (Wildman–Crippen MR) is 52.0 cm³/mol. The quantitative estimate of drug-likeness (QED) is 0.729. The number of carboxylic acids is 1. The van der Waals surface area contributed by atoms with Crippen LogP contribution in [0.2, 0.25) is 0 Å². The Bertz CT molecular complexity index is 191. The fourth-order valence-electron chi connectivity index (χ4n) is 2.03. The third-order valence-corrected chi connectivity index (χ3v) is 2.99. The summed E-state index contributed by atoms with van der Waals surface area (Å²) in [6.45, 7) is 0. The molecule has 0 spiro atoms. The van der Waals surface area contributed by atoms with Crippen molar-refractivity contribution >= 4 is 5.97 Å². The molecule has 82 valence electrons. The minimum absolute atomic E-state index is 0.371. The molecule has 0 saturated heterocycles. The first-order valence-electron chi connectivity index (χ1n) is 5.17. The summed E-state index contributed by atoms with van der Waals surface area (Å²) in [5.74, 6) is -0.439. The van der Waals surface area contributed by atoms with Crippen LogP contribution in [0.4, 0.5) is 4.39 Å². The molecule has 14 heavy (non-hydrogen) atoms. The summed E-state index contributed by atoms with van der Waals surface area (Å²) < 4.78 is 12.8. The van der Waals surface area contributed by atoms with E-state index in [1.165, 1.54) is 0 Å². The van der Waals surface area contributed by atoms with Crippen molar-refractivity contribution in [2.75, 3.05) is 7.05 Å². The average Bonchev–Trinajstić information content (AvgIpc) is 2.16. The number of rotatable bonds is 4. The van der Waals surface area contributed by atoms with E-state index in [1.807, 2.05) is 0 Å². The number of hydrogen-bond donors (Lipinski definition) is 2. The number of alkyl halides is 1. The monoisotopic (exact) mass is 203 g/mol. The van der Waals surface area contributed by atoms with E-state index in [0.717, 1.165) is 12.8 Å². The zero-order chi connectivity index (χ0) is 10.6. The zero-order valence-corrected chi connectivity index (χ0v) is 8.50. The average molecular weight is 203 g/mol. The summed E-state index contributed by atoms with van der Waals surface area (Å²) in [5.41, 5.74) is 0. The molecule has 2 N–H and O–H groups in total. The summed E-state index contributed by atoms with van der Waals surface area (Å²) in [6.07, 6.45) is 2.81. The largest absolute Gasteiger partial charge is 0.480 e. The molecule has 0 radical (unpaired) electrons. The number of carbonyl (C=O) groups is 1. The number of aliphatic carboxylic acids is 1. The first-order valence-corrected chi connectivity index (χ1v) is 5.17. The maximum atomic E-state index is 12.8. The topological polar surface area (TPSA) is 49.3 Å². The van der Waals surface area contributed by atoms with Gasteiger partial charge in [0, 0.05) is 0 Å². The van der Waals surface area contributed by atoms with Crippen LogP contribution in [-0.4, -0.2) is 30.3 Å². The van der Waals surface area contributed by atoms with Gasteiger partial charge in [-0.25, -0.2) is 4.39 Å². The highest BCUT2D eigenvalue weighted by molar-refractivity contribution is 5.73. The molecule has 1 aliphatic rings. The first kappa shape index (κ1) is 11.4. The molecule has 0 unspecified atom stereocenters. The standard InChI is InChI=1S/C10H18FNO2/c1-12-9(10(13)14)6-7-2-4-8(11)5-3-7/h7-9,12H,2-6H2,1H3,(H,13,14)/t7?,8?,9-/m0/s1. The van der Waals surface area contributed by atoms with E-state index in [4.69, 9.17) is 5.11 Å². The zero-order valence-electron chi connectivity index (χ0n) is 8.50. The Kier molecular flexibility index (Phi) is 4.32. The second-order valence-electron chi connectivity index (χ2n) is 4.03. The number of likely N-dealkylation sites (N-methyl/N-ethyl adjacent to an activating group) is 1. The van der Waals surface area contributed by atoms with Gasteiger partial charge < -0.3 is 10.4 Å². The lowest BCUT2D eigenvalue weighted by Crippen LogP contribution is -2.36. The van der Waals surface area contributed by atoms with Gasteiger partial charge >= 0.3 is 5.97 Å². The predicted octanol–water partition coefficient (Wildman–Crippen LogP) is 1.58. The van der Waals surface area contributed by atoms with Gasteiger partial charge in [-0.3, -0.25) is 4.79 Å². The lowest BCUT2D eigenvalue weighted by molar-refractivity contribution is -0.139. The van der Waals surface area contributed by atoms with E-state index in [2.05, 4.69) is 5.32 Å². The van der Waals surface area contributed by atoms with E-state index in [1.54, 1.807) is 7.05 Å². The van der Waals surface area contributed by atoms with Crippen LogP contribution >= 0.6 is 0 Å². The molecule has 0 amide bonds. The molecule has 4 heteroatoms. The fourth-order valence-corrected chi connectivity index (χ4v) is 2.03. The Labute approximate surface area is 83.7 Å².